The van der Waals surface area contributed by atoms with Gasteiger partial charge in [-0.05, 0) is 67.1 Å². The van der Waals surface area contributed by atoms with E-state index >= 15 is 0 Å². The van der Waals surface area contributed by atoms with E-state index in [1.807, 2.05) is 6.07 Å². The van der Waals surface area contributed by atoms with Gasteiger partial charge in [0, 0.05) is 29.7 Å². The first-order chi connectivity index (χ1) is 17.6. The zero-order valence-corrected chi connectivity index (χ0v) is 23.7. The first-order valence-electron chi connectivity index (χ1n) is 12.7. The average Bonchev–Trinajstić information content (AvgIpc) is 2.81. The molecule has 0 spiro atoms. The zero-order valence-electron chi connectivity index (χ0n) is 21.3. The quantitative estimate of drug-likeness (QED) is 0.382. The van der Waals surface area contributed by atoms with Gasteiger partial charge in [-0.25, -0.2) is 8.42 Å². The van der Waals surface area contributed by atoms with Crippen molar-refractivity contribution in [1.82, 2.24) is 10.2 Å². The van der Waals surface area contributed by atoms with Gasteiger partial charge in [0.25, 0.3) is 5.91 Å². The maximum atomic E-state index is 12.7. The highest BCUT2D eigenvalue weighted by Crippen LogP contribution is 2.29. The second-order valence-electron chi connectivity index (χ2n) is 10.4. The summed E-state index contributed by atoms with van der Waals surface area (Å²) >= 11 is 3.35. The Morgan fingerprint density at radius 3 is 2.59 bits per heavy atom. The normalized spacial score (nSPS) is 22.0. The first-order valence-corrected chi connectivity index (χ1v) is 15.4. The molecule has 10 heteroatoms. The molecular weight excluding hydrogens is 556 g/mol. The first kappa shape index (κ1) is 27.6. The summed E-state index contributed by atoms with van der Waals surface area (Å²) in [6, 6.07) is 11.2. The van der Waals surface area contributed by atoms with Gasteiger partial charge in [-0.2, -0.15) is 0 Å². The van der Waals surface area contributed by atoms with E-state index in [1.165, 1.54) is 6.42 Å². The Morgan fingerprint density at radius 1 is 1.11 bits per heavy atom. The Morgan fingerprint density at radius 2 is 1.86 bits per heavy atom. The van der Waals surface area contributed by atoms with Crippen molar-refractivity contribution in [1.29, 1.82) is 0 Å². The van der Waals surface area contributed by atoms with Crippen LogP contribution in [0.1, 0.15) is 42.6 Å². The van der Waals surface area contributed by atoms with Crippen LogP contribution in [0.15, 0.2) is 46.9 Å². The molecule has 2 aromatic rings. The van der Waals surface area contributed by atoms with E-state index in [9.17, 15) is 18.0 Å². The molecule has 2 amide bonds. The van der Waals surface area contributed by atoms with Gasteiger partial charge in [0.2, 0.25) is 5.91 Å². The molecule has 0 aromatic heterocycles. The van der Waals surface area contributed by atoms with Crippen LogP contribution in [-0.2, 0) is 20.4 Å². The minimum atomic E-state index is -3.55. The van der Waals surface area contributed by atoms with Crippen molar-refractivity contribution in [2.45, 2.75) is 38.5 Å². The number of likely N-dealkylation sites (tertiary alicyclic amines) is 1. The van der Waals surface area contributed by atoms with Crippen molar-refractivity contribution in [3.63, 3.8) is 0 Å². The van der Waals surface area contributed by atoms with E-state index in [0.29, 0.717) is 40.9 Å². The van der Waals surface area contributed by atoms with Gasteiger partial charge in [0.05, 0.1) is 22.9 Å². The Kier molecular flexibility index (Phi) is 8.92. The standard InChI is InChI=1S/C27H35BrN4O4S/c1-18-11-19(2)15-32(14-18)10-4-9-29-26(33)21-7-8-23-24(13-21)31-27(34)25(30-23)17-37(35,36)16-20-5-3-6-22(28)12-20/h3,5-8,12-13,18-19,25,30H,4,9-11,14-17H2,1-2H3,(H,29,33)(H,31,34)/t18-,19-,25+/m1/s1. The lowest BCUT2D eigenvalue weighted by atomic mass is 9.92. The molecule has 4 rings (SSSR count). The summed E-state index contributed by atoms with van der Waals surface area (Å²) in [5.74, 6) is 0.303. The number of hydrogen-bond donors (Lipinski definition) is 3. The number of rotatable bonds is 9. The summed E-state index contributed by atoms with van der Waals surface area (Å²) in [5, 5.41) is 8.75. The van der Waals surface area contributed by atoms with Crippen LogP contribution < -0.4 is 16.0 Å². The lowest BCUT2D eigenvalue weighted by Gasteiger charge is -2.34. The van der Waals surface area contributed by atoms with Gasteiger partial charge in [-0.3, -0.25) is 9.59 Å². The van der Waals surface area contributed by atoms with Gasteiger partial charge >= 0.3 is 0 Å². The fourth-order valence-electron chi connectivity index (χ4n) is 5.28. The van der Waals surface area contributed by atoms with E-state index < -0.39 is 21.8 Å². The average molecular weight is 592 g/mol. The minimum Gasteiger partial charge on any atom is -0.371 e. The summed E-state index contributed by atoms with van der Waals surface area (Å²) in [7, 11) is -3.55. The number of amides is 2. The molecule has 2 heterocycles. The van der Waals surface area contributed by atoms with Crippen LogP contribution in [-0.4, -0.2) is 63.1 Å². The zero-order chi connectivity index (χ0) is 26.6. The van der Waals surface area contributed by atoms with Gasteiger partial charge in [0.15, 0.2) is 9.84 Å². The summed E-state index contributed by atoms with van der Waals surface area (Å²) in [6.45, 7) is 8.35. The van der Waals surface area contributed by atoms with Gasteiger partial charge in [-0.1, -0.05) is 41.9 Å². The Labute approximate surface area is 227 Å². The number of nitrogens with one attached hydrogen (secondary N) is 3. The fraction of sp³-hybridized carbons (Fsp3) is 0.481. The summed E-state index contributed by atoms with van der Waals surface area (Å²) in [6.07, 6.45) is 2.16. The van der Waals surface area contributed by atoms with Crippen LogP contribution in [0.2, 0.25) is 0 Å². The topological polar surface area (TPSA) is 108 Å². The number of piperidine rings is 1. The lowest BCUT2D eigenvalue weighted by molar-refractivity contribution is -0.116. The molecule has 8 nitrogen and oxygen atoms in total. The third-order valence-corrected chi connectivity index (χ3v) is 8.87. The molecule has 1 fully saturated rings. The lowest BCUT2D eigenvalue weighted by Crippen LogP contribution is -2.43. The van der Waals surface area contributed by atoms with Crippen LogP contribution in [0.3, 0.4) is 0 Å². The van der Waals surface area contributed by atoms with Crippen LogP contribution in [0.5, 0.6) is 0 Å². The SMILES string of the molecule is C[C@@H]1C[C@@H](C)CN(CCCNC(=O)c2ccc3c(c2)NC(=O)[C@H](CS(=O)(=O)Cc2cccc(Br)c2)N3)C1. The van der Waals surface area contributed by atoms with E-state index in [2.05, 4.69) is 50.6 Å². The molecule has 3 N–H and O–H groups in total. The highest BCUT2D eigenvalue weighted by Gasteiger charge is 2.30. The number of hydrogen-bond acceptors (Lipinski definition) is 6. The smallest absolute Gasteiger partial charge is 0.251 e. The minimum absolute atomic E-state index is 0.153. The Bertz CT molecular complexity index is 1240. The fourth-order valence-corrected chi connectivity index (χ4v) is 7.27. The number of anilines is 2. The molecule has 2 aliphatic rings. The second kappa shape index (κ2) is 12.0. The van der Waals surface area contributed by atoms with Crippen molar-refractivity contribution >= 4 is 49.0 Å². The molecule has 1 saturated heterocycles. The second-order valence-corrected chi connectivity index (χ2v) is 13.5. The largest absolute Gasteiger partial charge is 0.371 e. The van der Waals surface area contributed by atoms with Crippen LogP contribution in [0.25, 0.3) is 0 Å². The maximum absolute atomic E-state index is 12.7. The number of sulfone groups is 1. The molecule has 200 valence electrons. The summed E-state index contributed by atoms with van der Waals surface area (Å²) in [4.78, 5) is 27.8. The monoisotopic (exact) mass is 590 g/mol. The predicted molar refractivity (Wildman–Crippen MR) is 150 cm³/mol. The molecule has 2 aromatic carbocycles. The number of nitrogens with zero attached hydrogens (tertiary/aromatic N) is 1. The molecule has 0 bridgehead atoms. The molecule has 0 unspecified atom stereocenters. The highest BCUT2D eigenvalue weighted by atomic mass is 79.9. The molecule has 3 atom stereocenters. The van der Waals surface area contributed by atoms with Crippen molar-refractivity contribution < 1.29 is 18.0 Å². The highest BCUT2D eigenvalue weighted by molar-refractivity contribution is 9.10. The molecule has 2 aliphatic heterocycles. The molecule has 0 aliphatic carbocycles. The van der Waals surface area contributed by atoms with Gasteiger partial charge in [0.1, 0.15) is 6.04 Å². The van der Waals surface area contributed by atoms with Crippen LogP contribution in [0, 0.1) is 11.8 Å². The van der Waals surface area contributed by atoms with E-state index in [1.54, 1.807) is 36.4 Å². The summed E-state index contributed by atoms with van der Waals surface area (Å²) in [5.41, 5.74) is 2.16. The van der Waals surface area contributed by atoms with Gasteiger partial charge < -0.3 is 20.9 Å². The van der Waals surface area contributed by atoms with Crippen molar-refractivity contribution in [3.05, 3.63) is 58.1 Å². The van der Waals surface area contributed by atoms with Crippen molar-refractivity contribution in [2.24, 2.45) is 11.8 Å². The van der Waals surface area contributed by atoms with Crippen LogP contribution >= 0.6 is 15.9 Å². The third-order valence-electron chi connectivity index (χ3n) is 6.76. The Balaban J connectivity index is 1.29. The predicted octanol–water partition coefficient (Wildman–Crippen LogP) is 3.89. The number of carbonyl (C=O) groups excluding carboxylic acids is 2. The van der Waals surface area contributed by atoms with Gasteiger partial charge in [-0.15, -0.1) is 0 Å². The van der Waals surface area contributed by atoms with Crippen molar-refractivity contribution in [2.75, 3.05) is 42.6 Å². The van der Waals surface area contributed by atoms with Crippen molar-refractivity contribution in [3.8, 4) is 0 Å². The Hall–Kier alpha value is -2.43. The van der Waals surface area contributed by atoms with E-state index in [4.69, 9.17) is 0 Å². The number of carbonyl (C=O) groups is 2. The summed E-state index contributed by atoms with van der Waals surface area (Å²) < 4.78 is 26.3. The molecule has 0 radical (unpaired) electrons. The molecular formula is C27H35BrN4O4S. The molecule has 37 heavy (non-hydrogen) atoms. The van der Waals surface area contributed by atoms with E-state index in [0.717, 1.165) is 30.5 Å². The van der Waals surface area contributed by atoms with Crippen LogP contribution in [0.4, 0.5) is 11.4 Å². The van der Waals surface area contributed by atoms with E-state index in [-0.39, 0.29) is 17.4 Å². The number of benzene rings is 2. The number of fused-ring (bicyclic) bond motifs is 1. The molecule has 0 saturated carbocycles. The number of halogens is 1. The maximum Gasteiger partial charge on any atom is 0.251 e. The third kappa shape index (κ3) is 7.78.